The summed E-state index contributed by atoms with van der Waals surface area (Å²) in [7, 11) is 84.1. The molecule has 0 saturated heterocycles. The van der Waals surface area contributed by atoms with E-state index in [0.29, 0.717) is 0 Å². The molecule has 21 heteroatoms. The second kappa shape index (κ2) is 10.5. The maximum atomic E-state index is 12.9. The molecule has 30 radical (unpaired) electrons. The summed E-state index contributed by atoms with van der Waals surface area (Å²) in [6.07, 6.45) is 0. The SMILES string of the molecule is [B]c1nc(-c2c([B])nc(C([B])([B])[B])c([B])c2[B])c(-c2c([B])c([B])c(S(=O)(=O)C([B])([B])[B])c([B])c2[B])c([B])c1Cl. The maximum absolute atomic E-state index is 12.9. The van der Waals surface area contributed by atoms with Gasteiger partial charge in [-0.05, 0) is 15.6 Å². The Labute approximate surface area is 253 Å². The zero-order valence-electron chi connectivity index (χ0n) is 20.2. The van der Waals surface area contributed by atoms with Crippen molar-refractivity contribution in [2.24, 2.45) is 0 Å². The van der Waals surface area contributed by atoms with Crippen LogP contribution in [0.25, 0.3) is 22.4 Å². The number of aromatic nitrogens is 2. The zero-order chi connectivity index (χ0) is 30.2. The Morgan fingerprint density at radius 2 is 1.03 bits per heavy atom. The third-order valence-electron chi connectivity index (χ3n) is 5.74. The van der Waals surface area contributed by atoms with E-state index in [9.17, 15) is 8.42 Å². The third-order valence-corrected chi connectivity index (χ3v) is 8.05. The van der Waals surface area contributed by atoms with Crippen molar-refractivity contribution in [1.29, 1.82) is 0 Å². The van der Waals surface area contributed by atoms with Gasteiger partial charge in [-0.25, -0.2) is 8.42 Å². The molecule has 2 heterocycles. The Morgan fingerprint density at radius 1 is 0.564 bits per heavy atom. The molecule has 0 bridgehead atoms. The molecule has 4 nitrogen and oxygen atoms in total. The lowest BCUT2D eigenvalue weighted by Crippen LogP contribution is -2.52. The van der Waals surface area contributed by atoms with Crippen LogP contribution in [0.5, 0.6) is 0 Å². The van der Waals surface area contributed by atoms with Gasteiger partial charge >= 0.3 is 0 Å². The second-order valence-corrected chi connectivity index (χ2v) is 11.1. The highest BCUT2D eigenvalue weighted by Crippen LogP contribution is 2.27. The first-order valence-electron chi connectivity index (χ1n) is 10.4. The quantitative estimate of drug-likeness (QED) is 0.323. The molecule has 3 aromatic rings. The van der Waals surface area contributed by atoms with Crippen LogP contribution in [-0.2, 0) is 15.0 Å². The molecule has 3 rings (SSSR count). The number of rotatable bonds is 5. The second-order valence-electron chi connectivity index (χ2n) is 8.65. The summed E-state index contributed by atoms with van der Waals surface area (Å²) in [5.41, 5.74) is -4.49. The van der Waals surface area contributed by atoms with Gasteiger partial charge in [-0.3, -0.25) is 9.97 Å². The molecular formula is C18B15ClN2O2S. The first-order valence-corrected chi connectivity index (χ1v) is 12.3. The molecule has 0 amide bonds. The monoisotopic (exact) mass is 508 g/mol. The molecule has 152 valence electrons. The Hall–Kier alpha value is -1.27. The Morgan fingerprint density at radius 3 is 1.46 bits per heavy atom. The van der Waals surface area contributed by atoms with E-state index < -0.39 is 46.1 Å². The van der Waals surface area contributed by atoms with Crippen LogP contribution in [0.1, 0.15) is 5.69 Å². The Kier molecular flexibility index (Phi) is 8.71. The van der Waals surface area contributed by atoms with Crippen LogP contribution in [0, 0.1) is 0 Å². The van der Waals surface area contributed by atoms with E-state index in [1.54, 1.807) is 0 Å². The predicted molar refractivity (Wildman–Crippen MR) is 173 cm³/mol. The minimum Gasteiger partial charge on any atom is -0.271 e. The van der Waals surface area contributed by atoms with Gasteiger partial charge < -0.3 is 0 Å². The molecule has 0 spiro atoms. The van der Waals surface area contributed by atoms with E-state index in [2.05, 4.69) is 9.97 Å². The van der Waals surface area contributed by atoms with Gasteiger partial charge in [0.1, 0.15) is 70.6 Å². The Balaban J connectivity index is 2.58. The smallest absolute Gasteiger partial charge is 0.159 e. The molecular weight excluding hydrogens is 506 g/mol. The Bertz CT molecular complexity index is 1620. The van der Waals surface area contributed by atoms with E-state index in [4.69, 9.17) is 129 Å². The number of benzene rings is 1. The molecule has 0 aliphatic carbocycles. The summed E-state index contributed by atoms with van der Waals surface area (Å²) in [6, 6.07) is 0. The van der Waals surface area contributed by atoms with Crippen molar-refractivity contribution >= 4 is 189 Å². The normalized spacial score (nSPS) is 12.4. The van der Waals surface area contributed by atoms with Gasteiger partial charge in [0.05, 0.1) is 52.8 Å². The van der Waals surface area contributed by atoms with Crippen molar-refractivity contribution in [2.75, 3.05) is 0 Å². The summed E-state index contributed by atoms with van der Waals surface area (Å²) in [5.74, 6) is 0. The molecule has 0 fully saturated rings. The van der Waals surface area contributed by atoms with Crippen LogP contribution in [0.4, 0.5) is 0 Å². The molecule has 0 saturated carbocycles. The highest BCUT2D eigenvalue weighted by atomic mass is 35.5. The molecule has 0 aliphatic rings. The van der Waals surface area contributed by atoms with Crippen molar-refractivity contribution in [2.45, 2.75) is 14.5 Å². The van der Waals surface area contributed by atoms with E-state index in [1.165, 1.54) is 0 Å². The number of hydrogen-bond donors (Lipinski definition) is 0. The molecule has 1 aromatic carbocycles. The van der Waals surface area contributed by atoms with Gasteiger partial charge in [-0.2, -0.15) is 0 Å². The van der Waals surface area contributed by atoms with Crippen molar-refractivity contribution < 1.29 is 8.42 Å². The lowest BCUT2D eigenvalue weighted by atomic mass is 9.40. The van der Waals surface area contributed by atoms with Crippen molar-refractivity contribution in [3.63, 3.8) is 0 Å². The number of nitrogens with zero attached hydrogens (tertiary/aromatic N) is 2. The lowest BCUT2D eigenvalue weighted by molar-refractivity contribution is 0.597. The van der Waals surface area contributed by atoms with Crippen molar-refractivity contribution in [3.05, 3.63) is 10.7 Å². The fourth-order valence-electron chi connectivity index (χ4n) is 3.79. The molecule has 0 N–H and O–H groups in total. The number of halogens is 1. The van der Waals surface area contributed by atoms with Crippen LogP contribution < -0.4 is 49.4 Å². The van der Waals surface area contributed by atoms with E-state index in [1.807, 2.05) is 0 Å². The van der Waals surface area contributed by atoms with E-state index in [0.717, 1.165) is 0 Å². The summed E-state index contributed by atoms with van der Waals surface area (Å²) < 4.78 is 23.1. The molecule has 0 atom stereocenters. The summed E-state index contributed by atoms with van der Waals surface area (Å²) >= 11 is 6.28. The van der Waals surface area contributed by atoms with Crippen LogP contribution in [0.3, 0.4) is 0 Å². The van der Waals surface area contributed by atoms with Gasteiger partial charge in [0.2, 0.25) is 0 Å². The van der Waals surface area contributed by atoms with E-state index >= 15 is 0 Å². The topological polar surface area (TPSA) is 59.9 Å². The molecule has 2 aromatic heterocycles. The first-order chi connectivity index (χ1) is 17.6. The lowest BCUT2D eigenvalue weighted by Gasteiger charge is -2.30. The molecule has 0 unspecified atom stereocenters. The highest BCUT2D eigenvalue weighted by molar-refractivity contribution is 7.97. The maximum Gasteiger partial charge on any atom is 0.159 e. The zero-order valence-corrected chi connectivity index (χ0v) is 21.7. The van der Waals surface area contributed by atoms with Crippen LogP contribution in [0.15, 0.2) is 4.90 Å². The fourth-order valence-corrected chi connectivity index (χ4v) is 5.08. The number of sulfone groups is 1. The minimum atomic E-state index is -4.78. The van der Waals surface area contributed by atoms with Gasteiger partial charge in [0.15, 0.2) is 9.84 Å². The van der Waals surface area contributed by atoms with Crippen molar-refractivity contribution in [3.8, 4) is 22.4 Å². The standard InChI is InChI=1S/C18B15ClN2O2S/c19-4-1(5(20)9(24)13(8(4)23)39(37,38)18(31,32)33)2-7(22)11(34)16(27)35-12(2)3-6(21)10(25)14(17(28,29)30)36-15(3)26. The van der Waals surface area contributed by atoms with Crippen molar-refractivity contribution in [1.82, 2.24) is 9.97 Å². The number of hydrogen-bond acceptors (Lipinski definition) is 4. The third kappa shape index (κ3) is 5.27. The summed E-state index contributed by atoms with van der Waals surface area (Å²) in [5, 5.41) is -2.27. The predicted octanol–water partition coefficient (Wildman–Crippen LogP) is -9.89. The van der Waals surface area contributed by atoms with Gasteiger partial charge in [-0.1, -0.05) is 55.0 Å². The summed E-state index contributed by atoms with van der Waals surface area (Å²) in [4.78, 5) is 7.48. The average molecular weight is 506 g/mol. The fraction of sp³-hybridized carbons (Fsp3) is 0.111. The average Bonchev–Trinajstić information content (AvgIpc) is 2.79. The highest BCUT2D eigenvalue weighted by Gasteiger charge is 2.34. The van der Waals surface area contributed by atoms with Gasteiger partial charge in [-0.15, -0.1) is 0 Å². The van der Waals surface area contributed by atoms with Crippen LogP contribution in [0.2, 0.25) is 5.02 Å². The van der Waals surface area contributed by atoms with E-state index in [-0.39, 0.29) is 60.7 Å². The molecule has 39 heavy (non-hydrogen) atoms. The van der Waals surface area contributed by atoms with Gasteiger partial charge in [0.25, 0.3) is 0 Å². The molecule has 0 aliphatic heterocycles. The van der Waals surface area contributed by atoms with Crippen LogP contribution in [-0.4, -0.2) is 141 Å². The first kappa shape index (κ1) is 32.3. The van der Waals surface area contributed by atoms with Crippen LogP contribution >= 0.6 is 11.6 Å². The minimum absolute atomic E-state index is 0.136. The summed E-state index contributed by atoms with van der Waals surface area (Å²) in [6.45, 7) is 0. The number of pyridine rings is 2. The van der Waals surface area contributed by atoms with Gasteiger partial charge in [0, 0.05) is 32.3 Å². The largest absolute Gasteiger partial charge is 0.271 e.